The van der Waals surface area contributed by atoms with Gasteiger partial charge in [-0.15, -0.1) is 0 Å². The number of unbranched alkanes of at least 4 members (excludes halogenated alkanes) is 1. The number of rotatable bonds is 6. The van der Waals surface area contributed by atoms with E-state index in [-0.39, 0.29) is 18.4 Å². The van der Waals surface area contributed by atoms with E-state index >= 15 is 0 Å². The molecule has 0 fully saturated rings. The Balaban J connectivity index is 1.64. The maximum absolute atomic E-state index is 12.3. The zero-order valence-electron chi connectivity index (χ0n) is 13.8. The molecule has 2 heterocycles. The lowest BCUT2D eigenvalue weighted by Gasteiger charge is -2.17. The third kappa shape index (κ3) is 3.56. The first-order valence-electron chi connectivity index (χ1n) is 7.91. The normalized spacial score (nSPS) is 12.1. The number of aromatic nitrogens is 2. The van der Waals surface area contributed by atoms with Crippen molar-refractivity contribution in [2.75, 3.05) is 30.6 Å². The molecule has 0 spiro atoms. The number of carbonyl (C=O) groups is 1. The van der Waals surface area contributed by atoms with Gasteiger partial charge in [0.25, 0.3) is 5.91 Å². The number of hydrogen-bond donors (Lipinski definition) is 1. The summed E-state index contributed by atoms with van der Waals surface area (Å²) < 4.78 is 10.5. The molecule has 0 unspecified atom stereocenters. The van der Waals surface area contributed by atoms with E-state index in [0.29, 0.717) is 17.2 Å². The Hall–Kier alpha value is -2.83. The van der Waals surface area contributed by atoms with Gasteiger partial charge in [0, 0.05) is 25.3 Å². The fraction of sp³-hybridized carbons (Fsp3) is 0.353. The van der Waals surface area contributed by atoms with Crippen LogP contribution in [0.5, 0.6) is 11.5 Å². The number of nitrogens with one attached hydrogen (secondary N) is 1. The number of ether oxygens (including phenoxy) is 2. The van der Waals surface area contributed by atoms with Crippen molar-refractivity contribution >= 4 is 17.4 Å². The molecule has 3 rings (SSSR count). The van der Waals surface area contributed by atoms with Gasteiger partial charge in [0.1, 0.15) is 11.5 Å². The van der Waals surface area contributed by atoms with Crippen molar-refractivity contribution in [2.24, 2.45) is 0 Å². The Labute approximate surface area is 140 Å². The summed E-state index contributed by atoms with van der Waals surface area (Å²) in [5, 5.41) is 2.78. The van der Waals surface area contributed by atoms with Crippen LogP contribution in [-0.2, 0) is 0 Å². The first-order valence-corrected chi connectivity index (χ1v) is 7.91. The second kappa shape index (κ2) is 7.16. The van der Waals surface area contributed by atoms with Gasteiger partial charge in [-0.25, -0.2) is 9.97 Å². The van der Waals surface area contributed by atoms with Crippen molar-refractivity contribution in [2.45, 2.75) is 19.8 Å². The highest BCUT2D eigenvalue weighted by atomic mass is 16.7. The molecule has 0 saturated heterocycles. The Morgan fingerprint density at radius 1 is 1.25 bits per heavy atom. The third-order valence-corrected chi connectivity index (χ3v) is 3.74. The first-order chi connectivity index (χ1) is 11.7. The molecule has 24 heavy (non-hydrogen) atoms. The summed E-state index contributed by atoms with van der Waals surface area (Å²) in [5.41, 5.74) is 0.885. The minimum atomic E-state index is -0.316. The maximum Gasteiger partial charge on any atom is 0.275 e. The summed E-state index contributed by atoms with van der Waals surface area (Å²) in [5.74, 6) is 1.73. The van der Waals surface area contributed by atoms with E-state index in [1.807, 2.05) is 11.9 Å². The topological polar surface area (TPSA) is 76.6 Å². The molecule has 0 bridgehead atoms. The van der Waals surface area contributed by atoms with Gasteiger partial charge in [0.15, 0.2) is 11.5 Å². The number of fused-ring (bicyclic) bond motifs is 1. The van der Waals surface area contributed by atoms with E-state index in [0.717, 1.165) is 25.2 Å². The van der Waals surface area contributed by atoms with Crippen LogP contribution in [-0.4, -0.2) is 36.3 Å². The number of nitrogens with zero attached hydrogens (tertiary/aromatic N) is 3. The minimum absolute atomic E-state index is 0.200. The van der Waals surface area contributed by atoms with Crippen LogP contribution in [0.25, 0.3) is 0 Å². The van der Waals surface area contributed by atoms with Gasteiger partial charge in [0.05, 0.1) is 12.4 Å². The molecule has 0 atom stereocenters. The molecule has 2 aromatic rings. The molecular formula is C17H20N4O3. The molecule has 126 valence electrons. The largest absolute Gasteiger partial charge is 0.454 e. The smallest absolute Gasteiger partial charge is 0.275 e. The van der Waals surface area contributed by atoms with Crippen molar-refractivity contribution in [3.05, 3.63) is 36.3 Å². The Kier molecular flexibility index (Phi) is 4.79. The van der Waals surface area contributed by atoms with Gasteiger partial charge < -0.3 is 19.7 Å². The molecule has 1 aliphatic heterocycles. The van der Waals surface area contributed by atoms with Crippen LogP contribution in [0.1, 0.15) is 30.3 Å². The van der Waals surface area contributed by atoms with Gasteiger partial charge in [0.2, 0.25) is 6.79 Å². The molecule has 0 saturated carbocycles. The number of anilines is 2. The summed E-state index contributed by atoms with van der Waals surface area (Å²) in [6, 6.07) is 5.24. The van der Waals surface area contributed by atoms with Crippen LogP contribution in [0.4, 0.5) is 11.5 Å². The minimum Gasteiger partial charge on any atom is -0.454 e. The van der Waals surface area contributed by atoms with E-state index in [1.54, 1.807) is 24.4 Å². The average molecular weight is 328 g/mol. The van der Waals surface area contributed by atoms with Gasteiger partial charge in [-0.2, -0.15) is 0 Å². The van der Waals surface area contributed by atoms with Crippen LogP contribution >= 0.6 is 0 Å². The Bertz CT molecular complexity index is 718. The van der Waals surface area contributed by atoms with Crippen LogP contribution in [0.3, 0.4) is 0 Å². The van der Waals surface area contributed by atoms with E-state index in [9.17, 15) is 4.79 Å². The van der Waals surface area contributed by atoms with Crippen LogP contribution in [0.15, 0.2) is 30.6 Å². The lowest BCUT2D eigenvalue weighted by Crippen LogP contribution is -2.21. The summed E-state index contributed by atoms with van der Waals surface area (Å²) in [6.07, 6.45) is 5.31. The molecule has 1 aromatic carbocycles. The molecule has 0 aliphatic carbocycles. The molecule has 1 aromatic heterocycles. The number of amides is 1. The second-order valence-electron chi connectivity index (χ2n) is 5.56. The van der Waals surface area contributed by atoms with Crippen molar-refractivity contribution in [3.63, 3.8) is 0 Å². The summed E-state index contributed by atoms with van der Waals surface area (Å²) in [4.78, 5) is 22.8. The lowest BCUT2D eigenvalue weighted by molar-refractivity contribution is 0.102. The zero-order chi connectivity index (χ0) is 16.9. The van der Waals surface area contributed by atoms with Gasteiger partial charge >= 0.3 is 0 Å². The molecule has 7 nitrogen and oxygen atoms in total. The van der Waals surface area contributed by atoms with E-state index in [4.69, 9.17) is 9.47 Å². The first kappa shape index (κ1) is 16.0. The molecule has 1 aliphatic rings. The van der Waals surface area contributed by atoms with E-state index in [1.165, 1.54) is 6.20 Å². The van der Waals surface area contributed by atoms with Crippen molar-refractivity contribution in [1.29, 1.82) is 0 Å². The summed E-state index contributed by atoms with van der Waals surface area (Å²) in [7, 11) is 1.96. The van der Waals surface area contributed by atoms with Gasteiger partial charge in [-0.3, -0.25) is 4.79 Å². The number of hydrogen-bond acceptors (Lipinski definition) is 6. The lowest BCUT2D eigenvalue weighted by atomic mass is 10.2. The second-order valence-corrected chi connectivity index (χ2v) is 5.56. The monoisotopic (exact) mass is 328 g/mol. The van der Waals surface area contributed by atoms with Crippen LogP contribution in [0.2, 0.25) is 0 Å². The molecule has 0 radical (unpaired) electrons. The molecular weight excluding hydrogens is 308 g/mol. The fourth-order valence-electron chi connectivity index (χ4n) is 2.31. The predicted molar refractivity (Wildman–Crippen MR) is 90.7 cm³/mol. The van der Waals surface area contributed by atoms with Crippen molar-refractivity contribution < 1.29 is 14.3 Å². The van der Waals surface area contributed by atoms with Crippen LogP contribution in [0, 0.1) is 0 Å². The quantitative estimate of drug-likeness (QED) is 0.878. The average Bonchev–Trinajstić information content (AvgIpc) is 3.07. The third-order valence-electron chi connectivity index (χ3n) is 3.74. The van der Waals surface area contributed by atoms with Crippen LogP contribution < -0.4 is 19.7 Å². The van der Waals surface area contributed by atoms with Crippen molar-refractivity contribution in [1.82, 2.24) is 9.97 Å². The zero-order valence-corrected chi connectivity index (χ0v) is 13.8. The number of carbonyl (C=O) groups excluding carboxylic acids is 1. The highest BCUT2D eigenvalue weighted by molar-refractivity contribution is 6.02. The van der Waals surface area contributed by atoms with E-state index < -0.39 is 0 Å². The van der Waals surface area contributed by atoms with Crippen molar-refractivity contribution in [3.8, 4) is 11.5 Å². The summed E-state index contributed by atoms with van der Waals surface area (Å²) in [6.45, 7) is 3.25. The van der Waals surface area contributed by atoms with Gasteiger partial charge in [-0.1, -0.05) is 13.3 Å². The highest BCUT2D eigenvalue weighted by Crippen LogP contribution is 2.34. The van der Waals surface area contributed by atoms with Gasteiger partial charge in [-0.05, 0) is 18.6 Å². The Morgan fingerprint density at radius 2 is 2.08 bits per heavy atom. The maximum atomic E-state index is 12.3. The van der Waals surface area contributed by atoms with E-state index in [2.05, 4.69) is 22.2 Å². The highest BCUT2D eigenvalue weighted by Gasteiger charge is 2.15. The standard InChI is InChI=1S/C17H20N4O3/c1-3-4-7-21(2)16-10-18-13(9-19-16)17(22)20-12-5-6-14-15(8-12)24-11-23-14/h5-6,8-10H,3-4,7,11H2,1-2H3,(H,20,22). The molecule has 7 heteroatoms. The Morgan fingerprint density at radius 3 is 2.83 bits per heavy atom. The molecule has 1 N–H and O–H groups in total. The molecule has 1 amide bonds. The number of benzene rings is 1. The predicted octanol–water partition coefficient (Wildman–Crippen LogP) is 2.69. The SMILES string of the molecule is CCCCN(C)c1cnc(C(=O)Nc2ccc3c(c2)OCO3)cn1. The summed E-state index contributed by atoms with van der Waals surface area (Å²) >= 11 is 0. The fourth-order valence-corrected chi connectivity index (χ4v) is 2.31.